The summed E-state index contributed by atoms with van der Waals surface area (Å²) in [6, 6.07) is 0.475. The number of sulfonamides is 1. The molecule has 1 aromatic heterocycles. The molecule has 0 aliphatic carbocycles. The van der Waals surface area contributed by atoms with Crippen molar-refractivity contribution in [2.75, 3.05) is 36.8 Å². The quantitative estimate of drug-likeness (QED) is 0.790. The van der Waals surface area contributed by atoms with Crippen LogP contribution in [0.15, 0.2) is 4.42 Å². The third-order valence-corrected chi connectivity index (χ3v) is 5.13. The van der Waals surface area contributed by atoms with E-state index in [0.717, 1.165) is 6.42 Å². The molecule has 0 amide bonds. The van der Waals surface area contributed by atoms with Crippen LogP contribution in [-0.2, 0) is 10.0 Å². The van der Waals surface area contributed by atoms with Gasteiger partial charge in [0.05, 0.1) is 5.75 Å². The van der Waals surface area contributed by atoms with Crippen LogP contribution in [0.25, 0.3) is 0 Å². The molecule has 1 saturated heterocycles. The lowest BCUT2D eigenvalue weighted by molar-refractivity contribution is 0.369. The Morgan fingerprint density at radius 3 is 2.42 bits per heavy atom. The number of piperazine rings is 1. The van der Waals surface area contributed by atoms with Gasteiger partial charge in [-0.15, -0.1) is 5.10 Å². The summed E-state index contributed by atoms with van der Waals surface area (Å²) in [5.74, 6) is 0.761. The molecular formula is C11H20N4O3S. The van der Waals surface area contributed by atoms with Crippen molar-refractivity contribution in [2.24, 2.45) is 0 Å². The summed E-state index contributed by atoms with van der Waals surface area (Å²) in [6.07, 6.45) is 1.60. The van der Waals surface area contributed by atoms with Gasteiger partial charge in [0, 0.05) is 33.1 Å². The number of aryl methyl sites for hydroxylation is 1. The summed E-state index contributed by atoms with van der Waals surface area (Å²) < 4.78 is 31.0. The third kappa shape index (κ3) is 3.44. The summed E-state index contributed by atoms with van der Waals surface area (Å²) >= 11 is 0. The van der Waals surface area contributed by atoms with E-state index in [0.29, 0.717) is 44.5 Å². The Labute approximate surface area is 113 Å². The molecule has 0 unspecified atom stereocenters. The second kappa shape index (κ2) is 5.87. The third-order valence-electron chi connectivity index (χ3n) is 3.17. The van der Waals surface area contributed by atoms with Crippen LogP contribution in [0, 0.1) is 6.92 Å². The van der Waals surface area contributed by atoms with Gasteiger partial charge in [0.25, 0.3) is 0 Å². The SMILES string of the molecule is CCCCS(=O)(=O)N1CCN(c2nnc(C)o2)CC1. The fourth-order valence-corrected chi connectivity index (χ4v) is 3.66. The molecule has 108 valence electrons. The number of rotatable bonds is 5. The van der Waals surface area contributed by atoms with Gasteiger partial charge < -0.3 is 9.32 Å². The summed E-state index contributed by atoms with van der Waals surface area (Å²) in [5, 5.41) is 7.73. The maximum absolute atomic E-state index is 12.0. The van der Waals surface area contributed by atoms with Crippen molar-refractivity contribution in [2.45, 2.75) is 26.7 Å². The second-order valence-corrected chi connectivity index (χ2v) is 6.75. The lowest BCUT2D eigenvalue weighted by atomic mass is 10.4. The summed E-state index contributed by atoms with van der Waals surface area (Å²) in [6.45, 7) is 5.87. The summed E-state index contributed by atoms with van der Waals surface area (Å²) in [7, 11) is -3.11. The number of hydrogen-bond acceptors (Lipinski definition) is 6. The number of anilines is 1. The first-order valence-electron chi connectivity index (χ1n) is 6.56. The van der Waals surface area contributed by atoms with Crippen LogP contribution in [0.3, 0.4) is 0 Å². The van der Waals surface area contributed by atoms with Gasteiger partial charge in [0.1, 0.15) is 0 Å². The highest BCUT2D eigenvalue weighted by Crippen LogP contribution is 2.16. The van der Waals surface area contributed by atoms with Crippen molar-refractivity contribution in [3.8, 4) is 0 Å². The van der Waals surface area contributed by atoms with Gasteiger partial charge in [-0.2, -0.15) is 4.31 Å². The van der Waals surface area contributed by atoms with E-state index in [9.17, 15) is 8.42 Å². The highest BCUT2D eigenvalue weighted by atomic mass is 32.2. The molecule has 7 nitrogen and oxygen atoms in total. The standard InChI is InChI=1S/C11H20N4O3S/c1-3-4-9-19(16,17)15-7-5-14(6-8-15)11-13-12-10(2)18-11/h3-9H2,1-2H3. The normalized spacial score (nSPS) is 17.9. The minimum Gasteiger partial charge on any atom is -0.408 e. The van der Waals surface area contributed by atoms with Crippen LogP contribution >= 0.6 is 0 Å². The lowest BCUT2D eigenvalue weighted by Crippen LogP contribution is -2.49. The van der Waals surface area contributed by atoms with E-state index in [1.165, 1.54) is 0 Å². The Hall–Kier alpha value is -1.15. The number of aromatic nitrogens is 2. The molecule has 1 aliphatic rings. The van der Waals surface area contributed by atoms with Crippen molar-refractivity contribution in [1.29, 1.82) is 0 Å². The van der Waals surface area contributed by atoms with Crippen molar-refractivity contribution in [1.82, 2.24) is 14.5 Å². The van der Waals surface area contributed by atoms with E-state index < -0.39 is 10.0 Å². The molecule has 0 aromatic carbocycles. The summed E-state index contributed by atoms with van der Waals surface area (Å²) in [4.78, 5) is 1.92. The van der Waals surface area contributed by atoms with Crippen molar-refractivity contribution in [3.05, 3.63) is 5.89 Å². The molecular weight excluding hydrogens is 268 g/mol. The van der Waals surface area contributed by atoms with Crippen LogP contribution in [0.4, 0.5) is 6.01 Å². The van der Waals surface area contributed by atoms with Crippen LogP contribution in [0.2, 0.25) is 0 Å². The van der Waals surface area contributed by atoms with Crippen LogP contribution in [0.5, 0.6) is 0 Å². The molecule has 0 bridgehead atoms. The molecule has 1 aliphatic heterocycles. The molecule has 0 N–H and O–H groups in total. The van der Waals surface area contributed by atoms with Gasteiger partial charge >= 0.3 is 6.01 Å². The Morgan fingerprint density at radius 1 is 1.21 bits per heavy atom. The molecule has 0 spiro atoms. The van der Waals surface area contributed by atoms with Crippen molar-refractivity contribution >= 4 is 16.0 Å². The maximum atomic E-state index is 12.0. The van der Waals surface area contributed by atoms with Crippen LogP contribution < -0.4 is 4.90 Å². The molecule has 2 rings (SSSR count). The van der Waals surface area contributed by atoms with E-state index in [4.69, 9.17) is 4.42 Å². The van der Waals surface area contributed by atoms with E-state index in [-0.39, 0.29) is 5.75 Å². The highest BCUT2D eigenvalue weighted by molar-refractivity contribution is 7.89. The maximum Gasteiger partial charge on any atom is 0.318 e. The lowest BCUT2D eigenvalue weighted by Gasteiger charge is -2.32. The monoisotopic (exact) mass is 288 g/mol. The van der Waals surface area contributed by atoms with Crippen molar-refractivity contribution < 1.29 is 12.8 Å². The highest BCUT2D eigenvalue weighted by Gasteiger charge is 2.28. The van der Waals surface area contributed by atoms with E-state index >= 15 is 0 Å². The average molecular weight is 288 g/mol. The smallest absolute Gasteiger partial charge is 0.318 e. The predicted molar refractivity (Wildman–Crippen MR) is 71.5 cm³/mol. The van der Waals surface area contributed by atoms with Crippen LogP contribution in [-0.4, -0.2) is 54.9 Å². The second-order valence-electron chi connectivity index (χ2n) is 4.66. The Morgan fingerprint density at radius 2 is 1.89 bits per heavy atom. The zero-order chi connectivity index (χ0) is 13.9. The molecule has 0 atom stereocenters. The fourth-order valence-electron chi connectivity index (χ4n) is 2.03. The molecule has 1 aromatic rings. The minimum absolute atomic E-state index is 0.239. The predicted octanol–water partition coefficient (Wildman–Crippen LogP) is 0.630. The Bertz CT molecular complexity index is 506. The van der Waals surface area contributed by atoms with Gasteiger partial charge in [0.2, 0.25) is 15.9 Å². The zero-order valence-corrected chi connectivity index (χ0v) is 12.2. The largest absolute Gasteiger partial charge is 0.408 e. The molecule has 2 heterocycles. The molecule has 8 heteroatoms. The first kappa shape index (κ1) is 14.3. The molecule has 0 saturated carbocycles. The zero-order valence-electron chi connectivity index (χ0n) is 11.4. The fraction of sp³-hybridized carbons (Fsp3) is 0.818. The number of unbranched alkanes of at least 4 members (excludes halogenated alkanes) is 1. The van der Waals surface area contributed by atoms with Gasteiger partial charge in [-0.25, -0.2) is 8.42 Å². The van der Waals surface area contributed by atoms with E-state index in [1.807, 2.05) is 11.8 Å². The van der Waals surface area contributed by atoms with Gasteiger partial charge in [0.15, 0.2) is 0 Å². The van der Waals surface area contributed by atoms with Gasteiger partial charge in [-0.1, -0.05) is 18.4 Å². The molecule has 19 heavy (non-hydrogen) atoms. The topological polar surface area (TPSA) is 79.5 Å². The van der Waals surface area contributed by atoms with E-state index in [2.05, 4.69) is 10.2 Å². The number of nitrogens with zero attached hydrogens (tertiary/aromatic N) is 4. The van der Waals surface area contributed by atoms with Crippen molar-refractivity contribution in [3.63, 3.8) is 0 Å². The Balaban J connectivity index is 1.92. The first-order valence-corrected chi connectivity index (χ1v) is 8.16. The van der Waals surface area contributed by atoms with Crippen LogP contribution in [0.1, 0.15) is 25.7 Å². The summed E-state index contributed by atoms with van der Waals surface area (Å²) in [5.41, 5.74) is 0. The van der Waals surface area contributed by atoms with Gasteiger partial charge in [-0.3, -0.25) is 0 Å². The molecule has 1 fully saturated rings. The molecule has 0 radical (unpaired) electrons. The Kier molecular flexibility index (Phi) is 4.41. The minimum atomic E-state index is -3.11. The van der Waals surface area contributed by atoms with E-state index in [1.54, 1.807) is 11.2 Å². The van der Waals surface area contributed by atoms with Gasteiger partial charge in [-0.05, 0) is 6.42 Å². The average Bonchev–Trinajstić information content (AvgIpc) is 2.83. The first-order chi connectivity index (χ1) is 9.03. The number of hydrogen-bond donors (Lipinski definition) is 0.